The van der Waals surface area contributed by atoms with Crippen molar-refractivity contribution in [2.75, 3.05) is 11.9 Å². The number of hydrogen-bond donors (Lipinski definition) is 2. The number of carboxylic acid groups (broad SMARTS) is 1. The fourth-order valence-electron chi connectivity index (χ4n) is 1.82. The number of anilines is 1. The molecule has 0 amide bonds. The quantitative estimate of drug-likeness (QED) is 0.837. The normalized spacial score (nSPS) is 11.9. The highest BCUT2D eigenvalue weighted by Crippen LogP contribution is 2.21. The average molecular weight is 246 g/mol. The molecule has 0 aromatic heterocycles. The predicted molar refractivity (Wildman–Crippen MR) is 70.3 cm³/mol. The van der Waals surface area contributed by atoms with Crippen LogP contribution in [-0.4, -0.2) is 17.6 Å². The van der Waals surface area contributed by atoms with Crippen LogP contribution in [0.4, 0.5) is 5.69 Å². The Kier molecular flexibility index (Phi) is 4.73. The summed E-state index contributed by atoms with van der Waals surface area (Å²) in [6, 6.07) is 7.54. The number of aryl methyl sites for hydroxylation is 1. The lowest BCUT2D eigenvalue weighted by atomic mass is 9.95. The van der Waals surface area contributed by atoms with Crippen LogP contribution >= 0.6 is 0 Å². The van der Waals surface area contributed by atoms with Crippen LogP contribution in [0.2, 0.25) is 0 Å². The topological polar surface area (TPSA) is 73.1 Å². The van der Waals surface area contributed by atoms with Crippen molar-refractivity contribution in [3.8, 4) is 6.07 Å². The largest absolute Gasteiger partial charge is 0.481 e. The molecule has 0 radical (unpaired) electrons. The second kappa shape index (κ2) is 6.06. The molecule has 0 aliphatic rings. The molecule has 0 saturated heterocycles. The van der Waals surface area contributed by atoms with Crippen molar-refractivity contribution in [3.05, 3.63) is 29.3 Å². The smallest absolute Gasteiger partial charge is 0.308 e. The van der Waals surface area contributed by atoms with Crippen LogP contribution in [0.5, 0.6) is 0 Å². The minimum atomic E-state index is -0.815. The number of nitrogens with zero attached hydrogens (tertiary/aromatic N) is 1. The lowest BCUT2D eigenvalue weighted by Gasteiger charge is -2.19. The van der Waals surface area contributed by atoms with Crippen LogP contribution in [0.3, 0.4) is 0 Å². The first-order chi connectivity index (χ1) is 8.47. The van der Waals surface area contributed by atoms with Gasteiger partial charge in [-0.2, -0.15) is 5.26 Å². The zero-order chi connectivity index (χ0) is 13.7. The summed E-state index contributed by atoms with van der Waals surface area (Å²) < 4.78 is 0. The highest BCUT2D eigenvalue weighted by atomic mass is 16.4. The number of aliphatic carboxylic acids is 1. The summed E-state index contributed by atoms with van der Waals surface area (Å²) >= 11 is 0. The Morgan fingerprint density at radius 3 is 2.67 bits per heavy atom. The van der Waals surface area contributed by atoms with Gasteiger partial charge in [0.2, 0.25) is 0 Å². The molecular weight excluding hydrogens is 228 g/mol. The molecule has 96 valence electrons. The lowest BCUT2D eigenvalue weighted by molar-refractivity contribution is -0.142. The van der Waals surface area contributed by atoms with E-state index in [4.69, 9.17) is 10.4 Å². The number of para-hydroxylation sites is 1. The zero-order valence-corrected chi connectivity index (χ0v) is 10.9. The van der Waals surface area contributed by atoms with E-state index in [-0.39, 0.29) is 5.92 Å². The van der Waals surface area contributed by atoms with E-state index in [1.54, 1.807) is 6.07 Å². The van der Waals surface area contributed by atoms with E-state index in [0.29, 0.717) is 12.1 Å². The van der Waals surface area contributed by atoms with Gasteiger partial charge in [-0.25, -0.2) is 0 Å². The summed E-state index contributed by atoms with van der Waals surface area (Å²) in [5, 5.41) is 21.2. The average Bonchev–Trinajstić information content (AvgIpc) is 2.30. The molecule has 1 unspecified atom stereocenters. The molecule has 4 nitrogen and oxygen atoms in total. The fraction of sp³-hybridized carbons (Fsp3) is 0.429. The first kappa shape index (κ1) is 14.0. The maximum atomic E-state index is 11.1. The first-order valence-electron chi connectivity index (χ1n) is 5.93. The maximum Gasteiger partial charge on any atom is 0.308 e. The van der Waals surface area contributed by atoms with Crippen LogP contribution in [0.1, 0.15) is 25.0 Å². The highest BCUT2D eigenvalue weighted by molar-refractivity contribution is 5.71. The van der Waals surface area contributed by atoms with E-state index in [2.05, 4.69) is 11.4 Å². The second-order valence-corrected chi connectivity index (χ2v) is 4.68. The maximum absolute atomic E-state index is 11.1. The summed E-state index contributed by atoms with van der Waals surface area (Å²) in [5.41, 5.74) is 2.22. The van der Waals surface area contributed by atoms with Crippen LogP contribution in [0.15, 0.2) is 18.2 Å². The van der Waals surface area contributed by atoms with Crippen molar-refractivity contribution in [1.29, 1.82) is 5.26 Å². The molecule has 0 heterocycles. The highest BCUT2D eigenvalue weighted by Gasteiger charge is 2.21. The van der Waals surface area contributed by atoms with Gasteiger partial charge in [0.05, 0.1) is 17.2 Å². The minimum absolute atomic E-state index is 0.0459. The van der Waals surface area contributed by atoms with Crippen molar-refractivity contribution in [3.63, 3.8) is 0 Å². The van der Waals surface area contributed by atoms with Crippen molar-refractivity contribution < 1.29 is 9.90 Å². The van der Waals surface area contributed by atoms with Crippen LogP contribution in [0, 0.1) is 30.1 Å². The standard InChI is InChI=1S/C14H18N2O2/c1-9(2)12(14(17)18)8-16-13-10(3)5-4-6-11(13)7-15/h4-6,9,12,16H,8H2,1-3H3,(H,17,18). The van der Waals surface area contributed by atoms with E-state index in [1.165, 1.54) is 0 Å². The van der Waals surface area contributed by atoms with Crippen LogP contribution in [-0.2, 0) is 4.79 Å². The van der Waals surface area contributed by atoms with Gasteiger partial charge < -0.3 is 10.4 Å². The summed E-state index contributed by atoms with van der Waals surface area (Å²) in [5.74, 6) is -1.23. The van der Waals surface area contributed by atoms with Crippen molar-refractivity contribution >= 4 is 11.7 Å². The molecule has 0 saturated carbocycles. The molecule has 0 aliphatic heterocycles. The van der Waals surface area contributed by atoms with Gasteiger partial charge in [0.15, 0.2) is 0 Å². The van der Waals surface area contributed by atoms with Crippen LogP contribution < -0.4 is 5.32 Å². The molecule has 4 heteroatoms. The monoisotopic (exact) mass is 246 g/mol. The summed E-state index contributed by atoms with van der Waals surface area (Å²) in [7, 11) is 0. The molecule has 2 N–H and O–H groups in total. The molecule has 0 aliphatic carbocycles. The van der Waals surface area contributed by atoms with Crippen LogP contribution in [0.25, 0.3) is 0 Å². The number of hydrogen-bond acceptors (Lipinski definition) is 3. The van der Waals surface area contributed by atoms with Crippen molar-refractivity contribution in [2.45, 2.75) is 20.8 Å². The van der Waals surface area contributed by atoms with E-state index in [9.17, 15) is 4.79 Å². The Labute approximate surface area is 107 Å². The molecule has 1 atom stereocenters. The first-order valence-corrected chi connectivity index (χ1v) is 5.93. The SMILES string of the molecule is Cc1cccc(C#N)c1NCC(C(=O)O)C(C)C. The van der Waals surface area contributed by atoms with E-state index in [1.807, 2.05) is 32.9 Å². The zero-order valence-electron chi connectivity index (χ0n) is 10.9. The van der Waals surface area contributed by atoms with Gasteiger partial charge >= 0.3 is 5.97 Å². The second-order valence-electron chi connectivity index (χ2n) is 4.68. The Morgan fingerprint density at radius 2 is 2.17 bits per heavy atom. The molecule has 1 aromatic rings. The molecule has 0 fully saturated rings. The number of nitrogens with one attached hydrogen (secondary N) is 1. The van der Waals surface area contributed by atoms with Gasteiger partial charge in [-0.3, -0.25) is 4.79 Å². The number of benzene rings is 1. The molecule has 1 rings (SSSR count). The van der Waals surface area contributed by atoms with E-state index in [0.717, 1.165) is 11.3 Å². The Bertz CT molecular complexity index is 475. The Balaban J connectivity index is 2.86. The fourth-order valence-corrected chi connectivity index (χ4v) is 1.82. The molecule has 0 spiro atoms. The number of carboxylic acids is 1. The number of nitriles is 1. The molecule has 0 bridgehead atoms. The summed E-state index contributed by atoms with van der Waals surface area (Å²) in [6.45, 7) is 5.98. The van der Waals surface area contributed by atoms with Gasteiger partial charge in [-0.1, -0.05) is 26.0 Å². The molecule has 18 heavy (non-hydrogen) atoms. The van der Waals surface area contributed by atoms with Gasteiger partial charge in [-0.05, 0) is 24.5 Å². The summed E-state index contributed by atoms with van der Waals surface area (Å²) in [6.07, 6.45) is 0. The molecular formula is C14H18N2O2. The number of carbonyl (C=O) groups is 1. The predicted octanol–water partition coefficient (Wildman–Crippen LogP) is 2.64. The summed E-state index contributed by atoms with van der Waals surface area (Å²) in [4.78, 5) is 11.1. The van der Waals surface area contributed by atoms with Gasteiger partial charge in [0.1, 0.15) is 6.07 Å². The van der Waals surface area contributed by atoms with E-state index < -0.39 is 11.9 Å². The lowest BCUT2D eigenvalue weighted by Crippen LogP contribution is -2.27. The molecule has 1 aromatic carbocycles. The van der Waals surface area contributed by atoms with Gasteiger partial charge in [0, 0.05) is 6.54 Å². The minimum Gasteiger partial charge on any atom is -0.481 e. The Morgan fingerprint density at radius 1 is 1.50 bits per heavy atom. The third kappa shape index (κ3) is 3.24. The Hall–Kier alpha value is -2.02. The third-order valence-electron chi connectivity index (χ3n) is 3.01. The van der Waals surface area contributed by atoms with Gasteiger partial charge in [-0.15, -0.1) is 0 Å². The van der Waals surface area contributed by atoms with E-state index >= 15 is 0 Å². The third-order valence-corrected chi connectivity index (χ3v) is 3.01. The van der Waals surface area contributed by atoms with Crippen molar-refractivity contribution in [2.24, 2.45) is 11.8 Å². The van der Waals surface area contributed by atoms with Crippen molar-refractivity contribution in [1.82, 2.24) is 0 Å². The van der Waals surface area contributed by atoms with Gasteiger partial charge in [0.25, 0.3) is 0 Å². The number of rotatable bonds is 5.